The molecule has 0 bridgehead atoms. The lowest BCUT2D eigenvalue weighted by Crippen LogP contribution is -2.27. The molecule has 130 valence electrons. The van der Waals surface area contributed by atoms with Crippen molar-refractivity contribution in [3.8, 4) is 16.8 Å². The summed E-state index contributed by atoms with van der Waals surface area (Å²) in [5.41, 5.74) is 9.45. The summed E-state index contributed by atoms with van der Waals surface area (Å²) in [5, 5.41) is 19.4. The molecular weight excluding hydrogens is 336 g/mol. The summed E-state index contributed by atoms with van der Waals surface area (Å²) in [6.45, 7) is 0. The molecule has 0 saturated heterocycles. The largest absolute Gasteiger partial charge is 0.350 e. The van der Waals surface area contributed by atoms with Gasteiger partial charge in [0.1, 0.15) is 5.36 Å². The zero-order valence-corrected chi connectivity index (χ0v) is 13.4. The summed E-state index contributed by atoms with van der Waals surface area (Å²) in [5.74, 6) is 0. The number of nitro benzene ring substituents is 1. The minimum absolute atomic E-state index is 0.00471. The molecule has 9 nitrogen and oxygen atoms in total. The number of hydrogen-bond donors (Lipinski definition) is 2. The fourth-order valence-electron chi connectivity index (χ4n) is 2.32. The maximum Gasteiger partial charge on any atom is 0.332 e. The van der Waals surface area contributed by atoms with Crippen LogP contribution in [0.1, 0.15) is 0 Å². The Labute approximate surface area is 147 Å². The van der Waals surface area contributed by atoms with E-state index in [0.29, 0.717) is 16.6 Å². The molecule has 0 spiro atoms. The molecule has 3 aromatic rings. The molecule has 0 saturated carbocycles. The van der Waals surface area contributed by atoms with Crippen molar-refractivity contribution >= 4 is 11.7 Å². The number of hydrogen-bond acceptors (Lipinski definition) is 5. The van der Waals surface area contributed by atoms with Gasteiger partial charge in [0.05, 0.1) is 16.8 Å². The van der Waals surface area contributed by atoms with E-state index in [0.717, 1.165) is 5.56 Å². The Morgan fingerprint density at radius 3 is 2.46 bits per heavy atom. The maximum atomic E-state index is 10.9. The van der Waals surface area contributed by atoms with Crippen LogP contribution >= 0.6 is 0 Å². The van der Waals surface area contributed by atoms with E-state index in [4.69, 9.17) is 5.73 Å². The van der Waals surface area contributed by atoms with E-state index in [1.807, 2.05) is 30.3 Å². The number of amides is 2. The predicted octanol–water partition coefficient (Wildman–Crippen LogP) is 1.93. The van der Waals surface area contributed by atoms with Gasteiger partial charge in [-0.2, -0.15) is 10.2 Å². The zero-order valence-electron chi connectivity index (χ0n) is 13.4. The number of carbonyl (C=O) groups excluding carboxylic acids is 1. The standard InChI is InChI=1S/C17H14N6O3/c18-17(24)21-20-16-10-19-22(11-15(16)12-4-2-1-3-5-12)13-6-8-14(9-7-13)23(25)26/h1-11H,(H3,18,21,24). The van der Waals surface area contributed by atoms with E-state index < -0.39 is 11.0 Å². The van der Waals surface area contributed by atoms with Crippen LogP contribution in [0.5, 0.6) is 0 Å². The topological polar surface area (TPSA) is 128 Å². The Hall–Kier alpha value is -4.01. The first-order chi connectivity index (χ1) is 12.5. The lowest BCUT2D eigenvalue weighted by Gasteiger charge is -2.09. The first-order valence-corrected chi connectivity index (χ1v) is 7.53. The van der Waals surface area contributed by atoms with Crippen molar-refractivity contribution in [2.45, 2.75) is 0 Å². The fraction of sp³-hybridized carbons (Fsp3) is 0. The zero-order chi connectivity index (χ0) is 18.5. The molecule has 9 heteroatoms. The normalized spacial score (nSPS) is 11.2. The molecule has 0 atom stereocenters. The van der Waals surface area contributed by atoms with Crippen molar-refractivity contribution in [1.29, 1.82) is 0 Å². The summed E-state index contributed by atoms with van der Waals surface area (Å²) in [7, 11) is 0. The first kappa shape index (κ1) is 16.8. The van der Waals surface area contributed by atoms with Crippen LogP contribution in [0.4, 0.5) is 10.5 Å². The van der Waals surface area contributed by atoms with E-state index in [-0.39, 0.29) is 5.69 Å². The quantitative estimate of drug-likeness (QED) is 0.550. The summed E-state index contributed by atoms with van der Waals surface area (Å²) in [6.07, 6.45) is 3.19. The molecule has 1 aromatic heterocycles. The van der Waals surface area contributed by atoms with Gasteiger partial charge >= 0.3 is 6.03 Å². The van der Waals surface area contributed by atoms with Crippen LogP contribution in [0.2, 0.25) is 0 Å². The molecule has 0 aliphatic rings. The van der Waals surface area contributed by atoms with Gasteiger partial charge in [-0.1, -0.05) is 30.3 Å². The van der Waals surface area contributed by atoms with Crippen LogP contribution in [0.15, 0.2) is 72.1 Å². The van der Waals surface area contributed by atoms with Crippen molar-refractivity contribution in [3.05, 3.63) is 82.5 Å². The number of nitrogens with one attached hydrogen (secondary N) is 1. The SMILES string of the molecule is NC(=O)NN=c1cnn(-c2ccc([N+](=O)[O-])cc2)cc1-c1ccccc1. The minimum Gasteiger partial charge on any atom is -0.350 e. The fourth-order valence-corrected chi connectivity index (χ4v) is 2.32. The molecule has 0 aliphatic heterocycles. The monoisotopic (exact) mass is 350 g/mol. The van der Waals surface area contributed by atoms with Crippen LogP contribution in [0.25, 0.3) is 16.8 Å². The third-order valence-electron chi connectivity index (χ3n) is 3.53. The van der Waals surface area contributed by atoms with Gasteiger partial charge < -0.3 is 5.73 Å². The lowest BCUT2D eigenvalue weighted by atomic mass is 10.1. The highest BCUT2D eigenvalue weighted by molar-refractivity contribution is 5.71. The molecular formula is C17H14N6O3. The van der Waals surface area contributed by atoms with Gasteiger partial charge in [-0.05, 0) is 17.7 Å². The van der Waals surface area contributed by atoms with Gasteiger partial charge in [0, 0.05) is 23.9 Å². The minimum atomic E-state index is -0.781. The van der Waals surface area contributed by atoms with Crippen LogP contribution < -0.4 is 16.5 Å². The van der Waals surface area contributed by atoms with Crippen LogP contribution in [0.3, 0.4) is 0 Å². The molecule has 0 aliphatic carbocycles. The van der Waals surface area contributed by atoms with Crippen molar-refractivity contribution < 1.29 is 9.72 Å². The number of non-ortho nitro benzene ring substituents is 1. The van der Waals surface area contributed by atoms with E-state index in [1.54, 1.807) is 23.0 Å². The van der Waals surface area contributed by atoms with E-state index >= 15 is 0 Å². The molecule has 2 aromatic carbocycles. The lowest BCUT2D eigenvalue weighted by molar-refractivity contribution is -0.384. The highest BCUT2D eigenvalue weighted by Gasteiger charge is 2.08. The van der Waals surface area contributed by atoms with Crippen LogP contribution in [0, 0.1) is 10.1 Å². The van der Waals surface area contributed by atoms with Crippen molar-refractivity contribution in [1.82, 2.24) is 15.2 Å². The first-order valence-electron chi connectivity index (χ1n) is 7.53. The average molecular weight is 350 g/mol. The number of primary amides is 1. The van der Waals surface area contributed by atoms with Crippen LogP contribution in [-0.2, 0) is 0 Å². The number of nitrogens with zero attached hydrogens (tertiary/aromatic N) is 4. The Balaban J connectivity index is 2.10. The molecule has 26 heavy (non-hydrogen) atoms. The van der Waals surface area contributed by atoms with E-state index in [2.05, 4.69) is 15.6 Å². The maximum absolute atomic E-state index is 10.9. The van der Waals surface area contributed by atoms with Crippen molar-refractivity contribution in [3.63, 3.8) is 0 Å². The highest BCUT2D eigenvalue weighted by Crippen LogP contribution is 2.17. The molecule has 1 heterocycles. The van der Waals surface area contributed by atoms with Crippen molar-refractivity contribution in [2.24, 2.45) is 10.8 Å². The summed E-state index contributed by atoms with van der Waals surface area (Å²) in [4.78, 5) is 21.3. The van der Waals surface area contributed by atoms with Gasteiger partial charge in [-0.15, -0.1) is 0 Å². The molecule has 0 fully saturated rings. The van der Waals surface area contributed by atoms with Gasteiger partial charge in [0.25, 0.3) is 5.69 Å². The second-order valence-corrected chi connectivity index (χ2v) is 5.24. The molecule has 3 rings (SSSR count). The Morgan fingerprint density at radius 2 is 1.85 bits per heavy atom. The van der Waals surface area contributed by atoms with Gasteiger partial charge in [-0.25, -0.2) is 14.9 Å². The molecule has 3 N–H and O–H groups in total. The predicted molar refractivity (Wildman–Crippen MR) is 93.9 cm³/mol. The second-order valence-electron chi connectivity index (χ2n) is 5.24. The average Bonchev–Trinajstić information content (AvgIpc) is 2.67. The number of rotatable bonds is 4. The molecule has 0 radical (unpaired) electrons. The number of nitro groups is 1. The second kappa shape index (κ2) is 7.26. The van der Waals surface area contributed by atoms with E-state index in [1.165, 1.54) is 18.3 Å². The number of carbonyl (C=O) groups is 1. The number of nitrogens with two attached hydrogens (primary N) is 1. The third kappa shape index (κ3) is 3.73. The molecule has 0 unspecified atom stereocenters. The highest BCUT2D eigenvalue weighted by atomic mass is 16.6. The van der Waals surface area contributed by atoms with Crippen LogP contribution in [-0.4, -0.2) is 20.7 Å². The number of aromatic nitrogens is 2. The third-order valence-corrected chi connectivity index (χ3v) is 3.53. The smallest absolute Gasteiger partial charge is 0.332 e. The number of urea groups is 1. The summed E-state index contributed by atoms with van der Waals surface area (Å²) in [6, 6.07) is 14.6. The van der Waals surface area contributed by atoms with E-state index in [9.17, 15) is 14.9 Å². The summed E-state index contributed by atoms with van der Waals surface area (Å²) >= 11 is 0. The van der Waals surface area contributed by atoms with Crippen molar-refractivity contribution in [2.75, 3.05) is 0 Å². The Kier molecular flexibility index (Phi) is 4.70. The van der Waals surface area contributed by atoms with Gasteiger partial charge in [0.15, 0.2) is 0 Å². The summed E-state index contributed by atoms with van der Waals surface area (Å²) < 4.78 is 1.56. The molecule has 2 amide bonds. The van der Waals surface area contributed by atoms with Gasteiger partial charge in [0.2, 0.25) is 0 Å². The van der Waals surface area contributed by atoms with Gasteiger partial charge in [-0.3, -0.25) is 10.1 Å². The number of benzene rings is 2. The Bertz CT molecular complexity index is 1010. The Morgan fingerprint density at radius 1 is 1.15 bits per heavy atom.